The zero-order valence-corrected chi connectivity index (χ0v) is 16.7. The van der Waals surface area contributed by atoms with Gasteiger partial charge in [-0.05, 0) is 65.7 Å². The Morgan fingerprint density at radius 3 is 2.58 bits per heavy atom. The minimum absolute atomic E-state index is 0.00284. The maximum atomic E-state index is 12.3. The average Bonchev–Trinajstić information content (AvgIpc) is 2.58. The molecule has 0 spiro atoms. The molecule has 3 rings (SSSR count). The third-order valence-electron chi connectivity index (χ3n) is 6.49. The summed E-state index contributed by atoms with van der Waals surface area (Å²) in [5.74, 6) is -0.184. The van der Waals surface area contributed by atoms with Crippen LogP contribution in [0, 0.1) is 11.8 Å². The maximum absolute atomic E-state index is 12.3. The highest BCUT2D eigenvalue weighted by molar-refractivity contribution is 7.85. The zero-order chi connectivity index (χ0) is 19.3. The summed E-state index contributed by atoms with van der Waals surface area (Å²) in [5.41, 5.74) is 2.50. The van der Waals surface area contributed by atoms with Gasteiger partial charge in [-0.2, -0.15) is 8.42 Å². The van der Waals surface area contributed by atoms with Crippen LogP contribution in [0.2, 0.25) is 0 Å². The molecule has 6 heteroatoms. The summed E-state index contributed by atoms with van der Waals surface area (Å²) in [6.45, 7) is 5.99. The summed E-state index contributed by atoms with van der Waals surface area (Å²) in [4.78, 5) is 12.3. The second kappa shape index (κ2) is 6.64. The Kier molecular flexibility index (Phi) is 4.95. The third-order valence-corrected chi connectivity index (χ3v) is 7.40. The van der Waals surface area contributed by atoms with Crippen LogP contribution in [0.5, 0.6) is 0 Å². The Balaban J connectivity index is 2.17. The standard InChI is InChI=1S/C20H28O5S/c1-12(2)15-10-13-7-8-16-14(19(21)25-4)6-5-9-20(16,3)17(13)11-18(15)26(22,23)24/h10-12,14,16H,5-9H2,1-4H3,(H,22,23,24). The number of esters is 1. The molecule has 1 aromatic rings. The molecule has 5 nitrogen and oxygen atoms in total. The SMILES string of the molecule is COC(=O)C1CCCC2(C)c3cc(S(=O)(=O)O)c(C(C)C)cc3CCC12. The molecule has 0 bridgehead atoms. The van der Waals surface area contributed by atoms with Crippen LogP contribution in [0.25, 0.3) is 0 Å². The fourth-order valence-corrected chi connectivity index (χ4v) is 6.03. The average molecular weight is 381 g/mol. The van der Waals surface area contributed by atoms with E-state index in [0.29, 0.717) is 5.56 Å². The summed E-state index contributed by atoms with van der Waals surface area (Å²) in [5, 5.41) is 0. The van der Waals surface area contributed by atoms with Crippen LogP contribution in [0.4, 0.5) is 0 Å². The molecule has 0 radical (unpaired) electrons. The second-order valence-electron chi connectivity index (χ2n) is 8.26. The first-order chi connectivity index (χ1) is 12.1. The van der Waals surface area contributed by atoms with Gasteiger partial charge >= 0.3 is 5.97 Å². The van der Waals surface area contributed by atoms with E-state index in [1.165, 1.54) is 7.11 Å². The lowest BCUT2D eigenvalue weighted by atomic mass is 9.54. The number of carbonyl (C=O) groups excluding carboxylic acids is 1. The van der Waals surface area contributed by atoms with Crippen molar-refractivity contribution < 1.29 is 22.5 Å². The number of hydrogen-bond donors (Lipinski definition) is 1. The predicted molar refractivity (Wildman–Crippen MR) is 98.9 cm³/mol. The van der Waals surface area contributed by atoms with Crippen molar-refractivity contribution in [2.75, 3.05) is 7.11 Å². The minimum atomic E-state index is -4.30. The van der Waals surface area contributed by atoms with Crippen molar-refractivity contribution >= 4 is 16.1 Å². The molecular formula is C20H28O5S. The van der Waals surface area contributed by atoms with Gasteiger partial charge in [-0.25, -0.2) is 0 Å². The molecule has 26 heavy (non-hydrogen) atoms. The molecule has 0 amide bonds. The summed E-state index contributed by atoms with van der Waals surface area (Å²) in [7, 11) is -2.88. The largest absolute Gasteiger partial charge is 0.469 e. The minimum Gasteiger partial charge on any atom is -0.469 e. The van der Waals surface area contributed by atoms with Gasteiger partial charge in [0, 0.05) is 0 Å². The first-order valence-electron chi connectivity index (χ1n) is 9.32. The Hall–Kier alpha value is -1.40. The number of methoxy groups -OCH3 is 1. The smallest absolute Gasteiger partial charge is 0.308 e. The molecule has 2 aliphatic carbocycles. The van der Waals surface area contributed by atoms with Crippen molar-refractivity contribution in [3.63, 3.8) is 0 Å². The van der Waals surface area contributed by atoms with Gasteiger partial charge in [0.2, 0.25) is 0 Å². The fourth-order valence-electron chi connectivity index (χ4n) is 5.18. The van der Waals surface area contributed by atoms with E-state index in [4.69, 9.17) is 4.74 Å². The molecule has 3 atom stereocenters. The molecule has 1 aromatic carbocycles. The molecule has 0 aliphatic heterocycles. The Morgan fingerprint density at radius 2 is 2.00 bits per heavy atom. The Morgan fingerprint density at radius 1 is 1.31 bits per heavy atom. The molecule has 2 aliphatic rings. The summed E-state index contributed by atoms with van der Waals surface area (Å²) < 4.78 is 38.8. The summed E-state index contributed by atoms with van der Waals surface area (Å²) in [6, 6.07) is 3.62. The van der Waals surface area contributed by atoms with Crippen LogP contribution in [-0.4, -0.2) is 26.0 Å². The molecule has 144 valence electrons. The lowest BCUT2D eigenvalue weighted by Crippen LogP contribution is -2.46. The molecular weight excluding hydrogens is 352 g/mol. The number of ether oxygens (including phenoxy) is 1. The van der Waals surface area contributed by atoms with Crippen molar-refractivity contribution in [2.45, 2.75) is 69.1 Å². The van der Waals surface area contributed by atoms with E-state index in [1.807, 2.05) is 19.9 Å². The van der Waals surface area contributed by atoms with Gasteiger partial charge in [0.1, 0.15) is 0 Å². The summed E-state index contributed by atoms with van der Waals surface area (Å²) in [6.07, 6.45) is 4.33. The van der Waals surface area contributed by atoms with Crippen LogP contribution < -0.4 is 0 Å². The van der Waals surface area contributed by atoms with Crippen molar-refractivity contribution in [1.29, 1.82) is 0 Å². The van der Waals surface area contributed by atoms with Gasteiger partial charge in [-0.3, -0.25) is 9.35 Å². The van der Waals surface area contributed by atoms with E-state index in [-0.39, 0.29) is 34.0 Å². The lowest BCUT2D eigenvalue weighted by Gasteiger charge is -2.49. The normalized spacial score (nSPS) is 28.4. The number of hydrogen-bond acceptors (Lipinski definition) is 4. The number of carbonyl (C=O) groups is 1. The predicted octanol–water partition coefficient (Wildman–Crippen LogP) is 3.85. The topological polar surface area (TPSA) is 80.7 Å². The van der Waals surface area contributed by atoms with Crippen LogP contribution in [-0.2, 0) is 31.5 Å². The quantitative estimate of drug-likeness (QED) is 0.636. The van der Waals surface area contributed by atoms with Crippen molar-refractivity contribution in [3.8, 4) is 0 Å². The highest BCUT2D eigenvalue weighted by atomic mass is 32.2. The fraction of sp³-hybridized carbons (Fsp3) is 0.650. The van der Waals surface area contributed by atoms with E-state index in [1.54, 1.807) is 6.07 Å². The first-order valence-corrected chi connectivity index (χ1v) is 10.8. The van der Waals surface area contributed by atoms with Gasteiger partial charge < -0.3 is 4.74 Å². The van der Waals surface area contributed by atoms with E-state index in [2.05, 4.69) is 6.92 Å². The van der Waals surface area contributed by atoms with Gasteiger partial charge in [0.05, 0.1) is 17.9 Å². The van der Waals surface area contributed by atoms with E-state index in [0.717, 1.165) is 43.2 Å². The molecule has 1 fully saturated rings. The summed E-state index contributed by atoms with van der Waals surface area (Å²) >= 11 is 0. The molecule has 0 saturated heterocycles. The van der Waals surface area contributed by atoms with Crippen LogP contribution >= 0.6 is 0 Å². The van der Waals surface area contributed by atoms with Crippen LogP contribution in [0.1, 0.15) is 69.1 Å². The molecule has 0 aromatic heterocycles. The van der Waals surface area contributed by atoms with Crippen LogP contribution in [0.15, 0.2) is 17.0 Å². The number of fused-ring (bicyclic) bond motifs is 3. The van der Waals surface area contributed by atoms with Gasteiger partial charge in [-0.1, -0.05) is 33.3 Å². The van der Waals surface area contributed by atoms with Gasteiger partial charge in [-0.15, -0.1) is 0 Å². The Bertz CT molecular complexity index is 827. The maximum Gasteiger partial charge on any atom is 0.308 e. The highest BCUT2D eigenvalue weighted by Crippen LogP contribution is 2.53. The van der Waals surface area contributed by atoms with Gasteiger partial charge in [0.15, 0.2) is 0 Å². The number of rotatable bonds is 3. The van der Waals surface area contributed by atoms with E-state index < -0.39 is 10.1 Å². The first kappa shape index (κ1) is 19.4. The number of benzene rings is 1. The van der Waals surface area contributed by atoms with Crippen molar-refractivity contribution in [3.05, 3.63) is 28.8 Å². The number of aryl methyl sites for hydroxylation is 1. The van der Waals surface area contributed by atoms with Crippen LogP contribution in [0.3, 0.4) is 0 Å². The molecule has 1 saturated carbocycles. The van der Waals surface area contributed by atoms with E-state index >= 15 is 0 Å². The van der Waals surface area contributed by atoms with E-state index in [9.17, 15) is 17.8 Å². The molecule has 1 N–H and O–H groups in total. The zero-order valence-electron chi connectivity index (χ0n) is 15.9. The molecule has 0 heterocycles. The monoisotopic (exact) mass is 380 g/mol. The van der Waals surface area contributed by atoms with Crippen molar-refractivity contribution in [1.82, 2.24) is 0 Å². The van der Waals surface area contributed by atoms with Gasteiger partial charge in [0.25, 0.3) is 10.1 Å². The Labute approximate surface area is 155 Å². The lowest BCUT2D eigenvalue weighted by molar-refractivity contribution is -0.150. The molecule has 3 unspecified atom stereocenters. The highest BCUT2D eigenvalue weighted by Gasteiger charge is 2.49. The third kappa shape index (κ3) is 3.07. The second-order valence-corrected chi connectivity index (χ2v) is 9.65. The van der Waals surface area contributed by atoms with Crippen molar-refractivity contribution in [2.24, 2.45) is 11.8 Å².